The van der Waals surface area contributed by atoms with Gasteiger partial charge in [0, 0.05) is 58.0 Å². The van der Waals surface area contributed by atoms with Crippen LogP contribution in [0.4, 0.5) is 0 Å². The van der Waals surface area contributed by atoms with E-state index in [1.807, 2.05) is 0 Å². The number of hydrogen-bond donors (Lipinski definition) is 6. The highest BCUT2D eigenvalue weighted by Crippen LogP contribution is 2.84. The first-order chi connectivity index (χ1) is 36.2. The van der Waals surface area contributed by atoms with Crippen LogP contribution in [0, 0.1) is 17.8 Å². The number of nitrogens with one attached hydrogen (secondary N) is 2. The van der Waals surface area contributed by atoms with Crippen LogP contribution in [0.15, 0.2) is 0 Å². The van der Waals surface area contributed by atoms with E-state index in [4.69, 9.17) is 24.1 Å². The monoisotopic (exact) mass is 1170 g/mol. The molecule has 24 heteroatoms. The van der Waals surface area contributed by atoms with Crippen molar-refractivity contribution in [2.45, 2.75) is 187 Å². The summed E-state index contributed by atoms with van der Waals surface area (Å²) < 4.78 is 21.9. The Kier molecular flexibility index (Phi) is 41.4. The number of ketones is 2. The van der Waals surface area contributed by atoms with Crippen LogP contribution in [0.5, 0.6) is 0 Å². The van der Waals surface area contributed by atoms with Gasteiger partial charge >= 0.3 is 23.9 Å². The summed E-state index contributed by atoms with van der Waals surface area (Å²) in [6, 6.07) is 0. The average Bonchev–Trinajstić information content (AvgIpc) is 4.13. The van der Waals surface area contributed by atoms with E-state index in [0.29, 0.717) is 58.7 Å². The predicted octanol–water partition coefficient (Wildman–Crippen LogP) is 10.6. The van der Waals surface area contributed by atoms with Gasteiger partial charge in [0.05, 0.1) is 75.2 Å². The highest BCUT2D eigenvalue weighted by Gasteiger charge is 2.53. The number of unbranched alkanes of at least 4 members (excludes halogenated alkanes) is 16. The highest BCUT2D eigenvalue weighted by molar-refractivity contribution is 9.14. The Morgan fingerprint density at radius 1 is 0.400 bits per heavy atom. The normalized spacial score (nSPS) is 15.3. The van der Waals surface area contributed by atoms with Crippen LogP contribution in [0.25, 0.3) is 0 Å². The first-order valence-corrected chi connectivity index (χ1v) is 33.6. The molecule has 2 saturated heterocycles. The van der Waals surface area contributed by atoms with E-state index < -0.39 is 41.6 Å². The van der Waals surface area contributed by atoms with Crippen molar-refractivity contribution in [1.29, 1.82) is 0 Å². The molecule has 75 heavy (non-hydrogen) atoms. The van der Waals surface area contributed by atoms with E-state index in [2.05, 4.69) is 10.6 Å². The molecule has 0 bridgehead atoms. The minimum atomic E-state index is -1.14. The molecule has 0 aromatic rings. The lowest BCUT2D eigenvalue weighted by Crippen LogP contribution is -2.29. The van der Waals surface area contributed by atoms with Crippen LogP contribution in [-0.2, 0) is 57.3 Å². The second-order valence-electron chi connectivity index (χ2n) is 18.9. The number of ether oxygens (including phenoxy) is 4. The molecule has 2 amide bonds. The number of hydrogen-bond acceptors (Lipinski definition) is 18. The Morgan fingerprint density at radius 3 is 1.23 bits per heavy atom. The summed E-state index contributed by atoms with van der Waals surface area (Å²) in [6.45, 7) is 2.71. The molecule has 0 saturated carbocycles. The smallest absolute Gasteiger partial charge is 0.308 e. The molecule has 0 aliphatic carbocycles. The van der Waals surface area contributed by atoms with Crippen molar-refractivity contribution < 1.29 is 77.7 Å². The number of rotatable bonds is 53. The summed E-state index contributed by atoms with van der Waals surface area (Å²) in [5, 5.41) is 43.1. The van der Waals surface area contributed by atoms with Crippen molar-refractivity contribution in [3.63, 3.8) is 0 Å². The Labute approximate surface area is 468 Å². The summed E-state index contributed by atoms with van der Waals surface area (Å²) in [5.41, 5.74) is 0. The van der Waals surface area contributed by atoms with Crippen LogP contribution >= 0.6 is 64.8 Å². The first kappa shape index (κ1) is 69.2. The van der Waals surface area contributed by atoms with Gasteiger partial charge in [-0.05, 0) is 60.1 Å². The topological polar surface area (TPSA) is 278 Å². The number of Topliss-reactive ketones (excluding diaryl/α,β-unsaturated/α-hetero) is 2. The quantitative estimate of drug-likeness (QED) is 0.0188. The van der Waals surface area contributed by atoms with Crippen LogP contribution < -0.4 is 10.6 Å². The van der Waals surface area contributed by atoms with E-state index >= 15 is 0 Å². The van der Waals surface area contributed by atoms with Crippen molar-refractivity contribution in [2.75, 3.05) is 65.9 Å². The number of aliphatic carboxylic acids is 4. The number of carbonyl (C=O) groups is 8. The maximum Gasteiger partial charge on any atom is 0.308 e. The molecular formula is C51H86N2O16S6. The van der Waals surface area contributed by atoms with Gasteiger partial charge in [-0.3, -0.25) is 38.4 Å². The zero-order chi connectivity index (χ0) is 54.8. The highest BCUT2D eigenvalue weighted by atomic mass is 33.2. The number of amides is 2. The van der Waals surface area contributed by atoms with Crippen molar-refractivity contribution >= 4 is 112 Å². The average molecular weight is 1180 g/mol. The van der Waals surface area contributed by atoms with Crippen molar-refractivity contribution in [3.05, 3.63) is 0 Å². The molecule has 0 aromatic heterocycles. The van der Waals surface area contributed by atoms with E-state index in [0.717, 1.165) is 44.9 Å². The molecule has 432 valence electrons. The molecular weight excluding hydrogens is 1090 g/mol. The Morgan fingerprint density at radius 2 is 0.800 bits per heavy atom. The summed E-state index contributed by atoms with van der Waals surface area (Å²) in [6.07, 6.45) is 20.3. The molecule has 2 heterocycles. The van der Waals surface area contributed by atoms with E-state index in [-0.39, 0.29) is 115 Å². The standard InChI is InChI=1S/C51H86N2O16S6/c54-41(19-15-13-11-9-7-5-3-1-2-4-6-8-10-12-14-16-21-46(58)59)37-39(47(60)61)23-25-45(57)53-28-30-67-32-34-69-36-35-68-33-31-66-29-26-42(55)38-40(48(62)63)22-24-44(56)52-27-18-17-20-43(49(64)65)50-70-72-51(73-71-50)74-75-51/h39-40,43,50H,1-38H2,(H,52,56)(H,53,57)(H,58,59)(H,60,61)(H,62,63)(H,64,65)/t39-,40-,43+/m1/s1. The number of carbonyl (C=O) groups excluding carboxylic acids is 4. The fourth-order valence-electron chi connectivity index (χ4n) is 8.01. The minimum absolute atomic E-state index is 0.00558. The van der Waals surface area contributed by atoms with Gasteiger partial charge in [0.15, 0.2) is 2.74 Å². The molecule has 6 N–H and O–H groups in total. The van der Waals surface area contributed by atoms with E-state index in [1.165, 1.54) is 57.8 Å². The lowest BCUT2D eigenvalue weighted by molar-refractivity contribution is -0.145. The predicted molar refractivity (Wildman–Crippen MR) is 302 cm³/mol. The van der Waals surface area contributed by atoms with Crippen LogP contribution in [0.3, 0.4) is 0 Å². The van der Waals surface area contributed by atoms with Gasteiger partial charge in [-0.2, -0.15) is 0 Å². The molecule has 0 aromatic carbocycles. The van der Waals surface area contributed by atoms with Gasteiger partial charge in [-0.1, -0.05) is 139 Å². The molecule has 0 unspecified atom stereocenters. The molecule has 2 fully saturated rings. The van der Waals surface area contributed by atoms with Gasteiger partial charge in [-0.15, -0.1) is 0 Å². The van der Waals surface area contributed by atoms with Crippen LogP contribution in [0.2, 0.25) is 0 Å². The van der Waals surface area contributed by atoms with E-state index in [9.17, 15) is 53.7 Å². The van der Waals surface area contributed by atoms with Gasteiger partial charge < -0.3 is 50.0 Å². The number of carboxylic acids is 4. The summed E-state index contributed by atoms with van der Waals surface area (Å²) in [5.74, 6) is -7.04. The van der Waals surface area contributed by atoms with Crippen LogP contribution in [0.1, 0.15) is 180 Å². The lowest BCUT2D eigenvalue weighted by atomic mass is 9.94. The summed E-state index contributed by atoms with van der Waals surface area (Å²) in [4.78, 5) is 95.6. The lowest BCUT2D eigenvalue weighted by Gasteiger charge is -2.27. The second-order valence-corrected chi connectivity index (χ2v) is 28.4. The molecule has 2 aliphatic rings. The van der Waals surface area contributed by atoms with Gasteiger partial charge in [0.1, 0.15) is 11.6 Å². The van der Waals surface area contributed by atoms with Crippen molar-refractivity contribution in [1.82, 2.24) is 10.6 Å². The first-order valence-electron chi connectivity index (χ1n) is 27.0. The van der Waals surface area contributed by atoms with Gasteiger partial charge in [0.2, 0.25) is 11.8 Å². The minimum Gasteiger partial charge on any atom is -0.481 e. The molecule has 3 atom stereocenters. The molecule has 1 spiro atoms. The van der Waals surface area contributed by atoms with Crippen LogP contribution in [-0.4, -0.2) is 141 Å². The Hall–Kier alpha value is -1.90. The molecule has 2 rings (SSSR count). The number of carboxylic acid groups (broad SMARTS) is 4. The molecule has 18 nitrogen and oxygen atoms in total. The maximum atomic E-state index is 12.5. The van der Waals surface area contributed by atoms with Gasteiger partial charge in [-0.25, -0.2) is 0 Å². The zero-order valence-corrected chi connectivity index (χ0v) is 48.7. The zero-order valence-electron chi connectivity index (χ0n) is 43.8. The fourth-order valence-corrected chi connectivity index (χ4v) is 21.8. The maximum absolute atomic E-state index is 12.5. The van der Waals surface area contributed by atoms with Crippen molar-refractivity contribution in [3.8, 4) is 0 Å². The third-order valence-electron chi connectivity index (χ3n) is 12.5. The van der Waals surface area contributed by atoms with Crippen molar-refractivity contribution in [2.24, 2.45) is 17.8 Å². The molecule has 0 radical (unpaired) electrons. The SMILES string of the molecule is O=C(O)CCCCCCCCCCCCCCCCCCC(=O)C[C@@H](CCC(=O)NCCOCCOCCOCCOCCC(=O)C[C@@H](CCC(=O)NCCCC[C@@H](C(=O)O)C1SSC2(SS1)SS2)C(=O)O)C(=O)O. The third-order valence-corrected chi connectivity index (χ3v) is 26.4. The van der Waals surface area contributed by atoms with E-state index in [1.54, 1.807) is 64.8 Å². The summed E-state index contributed by atoms with van der Waals surface area (Å²) >= 11 is 0. The third kappa shape index (κ3) is 38.4. The summed E-state index contributed by atoms with van der Waals surface area (Å²) in [7, 11) is 10.3. The fraction of sp³-hybridized carbons (Fsp3) is 0.843. The van der Waals surface area contributed by atoms with Gasteiger partial charge in [0.25, 0.3) is 0 Å². The second kappa shape index (κ2) is 44.9. The largest absolute Gasteiger partial charge is 0.481 e. The molecule has 2 aliphatic heterocycles. The Bertz CT molecular complexity index is 1640. The Balaban J connectivity index is 1.34.